The molecule has 4 heteroatoms. The third-order valence-electron chi connectivity index (χ3n) is 3.34. The Morgan fingerprint density at radius 2 is 1.73 bits per heavy atom. The van der Waals surface area contributed by atoms with E-state index in [2.05, 4.69) is 5.32 Å². The molecule has 0 radical (unpaired) electrons. The topological polar surface area (TPSA) is 41.6 Å². The van der Waals surface area contributed by atoms with Crippen LogP contribution in [0, 0.1) is 0 Å². The lowest BCUT2D eigenvalue weighted by atomic mass is 10.2. The van der Waals surface area contributed by atoms with Crippen LogP contribution in [0.15, 0.2) is 54.6 Å². The monoisotopic (exact) mass is 298 g/mol. The molecule has 2 aromatic carbocycles. The molecule has 1 atom stereocenters. The maximum absolute atomic E-state index is 12.1. The average molecular weight is 298 g/mol. The second-order valence-corrected chi connectivity index (χ2v) is 5.35. The van der Waals surface area contributed by atoms with Crippen LogP contribution in [-0.4, -0.2) is 26.1 Å². The molecule has 0 saturated carbocycles. The van der Waals surface area contributed by atoms with Crippen molar-refractivity contribution >= 4 is 11.6 Å². The maximum atomic E-state index is 12.1. The van der Waals surface area contributed by atoms with Gasteiger partial charge in [0, 0.05) is 26.3 Å². The maximum Gasteiger partial charge on any atom is 0.261 e. The number of carbonyl (C=O) groups excluding carboxylic acids is 1. The summed E-state index contributed by atoms with van der Waals surface area (Å²) in [5, 5.41) is 2.89. The molecule has 0 aromatic heterocycles. The molecule has 0 saturated heterocycles. The van der Waals surface area contributed by atoms with E-state index in [1.165, 1.54) is 0 Å². The zero-order chi connectivity index (χ0) is 15.9. The third-order valence-corrected chi connectivity index (χ3v) is 3.34. The van der Waals surface area contributed by atoms with Crippen molar-refractivity contribution in [1.82, 2.24) is 5.32 Å². The first kappa shape index (κ1) is 15.9. The van der Waals surface area contributed by atoms with Crippen LogP contribution in [0.25, 0.3) is 0 Å². The summed E-state index contributed by atoms with van der Waals surface area (Å²) in [6, 6.07) is 17.4. The molecule has 0 heterocycles. The highest BCUT2D eigenvalue weighted by molar-refractivity contribution is 5.80. The summed E-state index contributed by atoms with van der Waals surface area (Å²) >= 11 is 0. The van der Waals surface area contributed by atoms with Gasteiger partial charge in [0.25, 0.3) is 5.91 Å². The van der Waals surface area contributed by atoms with E-state index in [4.69, 9.17) is 4.74 Å². The van der Waals surface area contributed by atoms with Gasteiger partial charge >= 0.3 is 0 Å². The number of anilines is 1. The number of ether oxygens (including phenoxy) is 1. The molecule has 0 fully saturated rings. The highest BCUT2D eigenvalue weighted by Gasteiger charge is 2.13. The van der Waals surface area contributed by atoms with Crippen LogP contribution in [0.2, 0.25) is 0 Å². The molecule has 0 bridgehead atoms. The molecular weight excluding hydrogens is 276 g/mol. The van der Waals surface area contributed by atoms with Gasteiger partial charge in [0.15, 0.2) is 6.10 Å². The Bertz CT molecular complexity index is 594. The van der Waals surface area contributed by atoms with Gasteiger partial charge in [0.05, 0.1) is 0 Å². The fourth-order valence-corrected chi connectivity index (χ4v) is 2.00. The van der Waals surface area contributed by atoms with E-state index in [1.807, 2.05) is 73.6 Å². The first-order chi connectivity index (χ1) is 10.6. The van der Waals surface area contributed by atoms with Gasteiger partial charge in [-0.3, -0.25) is 4.79 Å². The first-order valence-corrected chi connectivity index (χ1v) is 7.32. The van der Waals surface area contributed by atoms with Crippen molar-refractivity contribution in [2.75, 3.05) is 19.0 Å². The van der Waals surface area contributed by atoms with E-state index >= 15 is 0 Å². The van der Waals surface area contributed by atoms with Gasteiger partial charge in [-0.05, 0) is 36.8 Å². The second-order valence-electron chi connectivity index (χ2n) is 5.35. The lowest BCUT2D eigenvalue weighted by Crippen LogP contribution is -2.35. The van der Waals surface area contributed by atoms with Crippen LogP contribution >= 0.6 is 0 Å². The lowest BCUT2D eigenvalue weighted by Gasteiger charge is -2.15. The molecule has 4 nitrogen and oxygen atoms in total. The summed E-state index contributed by atoms with van der Waals surface area (Å²) < 4.78 is 5.60. The number of nitrogens with one attached hydrogen (secondary N) is 1. The van der Waals surface area contributed by atoms with Crippen LogP contribution in [0.5, 0.6) is 5.75 Å². The van der Waals surface area contributed by atoms with Crippen molar-refractivity contribution in [3.8, 4) is 5.75 Å². The van der Waals surface area contributed by atoms with Crippen molar-refractivity contribution in [1.29, 1.82) is 0 Å². The number of benzene rings is 2. The number of hydrogen-bond donors (Lipinski definition) is 1. The molecule has 116 valence electrons. The van der Waals surface area contributed by atoms with Crippen molar-refractivity contribution in [3.63, 3.8) is 0 Å². The Hall–Kier alpha value is -2.49. The van der Waals surface area contributed by atoms with Crippen LogP contribution in [0.3, 0.4) is 0 Å². The zero-order valence-electron chi connectivity index (χ0n) is 13.2. The van der Waals surface area contributed by atoms with Crippen molar-refractivity contribution in [2.24, 2.45) is 0 Å². The van der Waals surface area contributed by atoms with E-state index in [9.17, 15) is 4.79 Å². The molecule has 2 rings (SSSR count). The Kier molecular flexibility index (Phi) is 5.42. The predicted molar refractivity (Wildman–Crippen MR) is 89.1 cm³/mol. The minimum Gasteiger partial charge on any atom is -0.481 e. The molecule has 2 aromatic rings. The zero-order valence-corrected chi connectivity index (χ0v) is 13.2. The standard InChI is InChI=1S/C18H22N2O2/c1-14(22-17-7-5-4-6-8-17)18(21)19-13-15-9-11-16(12-10-15)20(2)3/h4-12,14H,13H2,1-3H3,(H,19,21)/t14-/m1/s1. The van der Waals surface area contributed by atoms with Crippen LogP contribution < -0.4 is 15.0 Å². The minimum atomic E-state index is -0.525. The van der Waals surface area contributed by atoms with Gasteiger partial charge < -0.3 is 15.0 Å². The number of hydrogen-bond acceptors (Lipinski definition) is 3. The SMILES string of the molecule is C[C@@H](Oc1ccccc1)C(=O)NCc1ccc(N(C)C)cc1. The van der Waals surface area contributed by atoms with Crippen molar-refractivity contribution in [3.05, 3.63) is 60.2 Å². The van der Waals surface area contributed by atoms with Gasteiger partial charge in [-0.2, -0.15) is 0 Å². The highest BCUT2D eigenvalue weighted by Crippen LogP contribution is 2.13. The molecule has 0 unspecified atom stereocenters. The molecule has 1 amide bonds. The van der Waals surface area contributed by atoms with E-state index in [0.717, 1.165) is 11.3 Å². The van der Waals surface area contributed by atoms with E-state index in [1.54, 1.807) is 6.92 Å². The van der Waals surface area contributed by atoms with Crippen LogP contribution in [-0.2, 0) is 11.3 Å². The van der Waals surface area contributed by atoms with Crippen LogP contribution in [0.4, 0.5) is 5.69 Å². The lowest BCUT2D eigenvalue weighted by molar-refractivity contribution is -0.127. The number of carbonyl (C=O) groups is 1. The quantitative estimate of drug-likeness (QED) is 0.891. The number of rotatable bonds is 6. The van der Waals surface area contributed by atoms with Gasteiger partial charge in [0.2, 0.25) is 0 Å². The van der Waals surface area contributed by atoms with Gasteiger partial charge in [-0.25, -0.2) is 0 Å². The van der Waals surface area contributed by atoms with Gasteiger partial charge in [-0.1, -0.05) is 30.3 Å². The summed E-state index contributed by atoms with van der Waals surface area (Å²) in [4.78, 5) is 14.1. The fraction of sp³-hybridized carbons (Fsp3) is 0.278. The third kappa shape index (κ3) is 4.52. The predicted octanol–water partition coefficient (Wildman–Crippen LogP) is 2.84. The second kappa shape index (κ2) is 7.50. The number of amides is 1. The Balaban J connectivity index is 1.84. The number of para-hydroxylation sites is 1. The normalized spacial score (nSPS) is 11.6. The van der Waals surface area contributed by atoms with Crippen LogP contribution in [0.1, 0.15) is 12.5 Å². The van der Waals surface area contributed by atoms with Gasteiger partial charge in [0.1, 0.15) is 5.75 Å². The molecule has 22 heavy (non-hydrogen) atoms. The molecule has 0 aliphatic rings. The summed E-state index contributed by atoms with van der Waals surface area (Å²) in [6.45, 7) is 2.24. The Morgan fingerprint density at radius 1 is 1.09 bits per heavy atom. The summed E-state index contributed by atoms with van der Waals surface area (Å²) in [7, 11) is 4.00. The molecule has 0 aliphatic heterocycles. The molecular formula is C18H22N2O2. The van der Waals surface area contributed by atoms with Crippen molar-refractivity contribution in [2.45, 2.75) is 19.6 Å². The Labute approximate surface area is 131 Å². The Morgan fingerprint density at radius 3 is 2.32 bits per heavy atom. The summed E-state index contributed by atoms with van der Waals surface area (Å²) in [5.41, 5.74) is 2.20. The minimum absolute atomic E-state index is 0.125. The molecule has 0 aliphatic carbocycles. The van der Waals surface area contributed by atoms with Gasteiger partial charge in [-0.15, -0.1) is 0 Å². The fourth-order valence-electron chi connectivity index (χ4n) is 2.00. The van der Waals surface area contributed by atoms with Crippen molar-refractivity contribution < 1.29 is 9.53 Å². The smallest absolute Gasteiger partial charge is 0.261 e. The molecule has 0 spiro atoms. The van der Waals surface area contributed by atoms with E-state index < -0.39 is 6.10 Å². The van der Waals surface area contributed by atoms with E-state index in [-0.39, 0.29) is 5.91 Å². The molecule has 1 N–H and O–H groups in total. The number of nitrogens with zero attached hydrogens (tertiary/aromatic N) is 1. The summed E-state index contributed by atoms with van der Waals surface area (Å²) in [6.07, 6.45) is -0.525. The largest absolute Gasteiger partial charge is 0.481 e. The first-order valence-electron chi connectivity index (χ1n) is 7.32. The summed E-state index contributed by atoms with van der Waals surface area (Å²) in [5.74, 6) is 0.570. The highest BCUT2D eigenvalue weighted by atomic mass is 16.5. The van der Waals surface area contributed by atoms with E-state index in [0.29, 0.717) is 12.3 Å². The average Bonchev–Trinajstić information content (AvgIpc) is 2.53.